The molecule has 0 amide bonds. The number of aryl methyl sites for hydroxylation is 2. The van der Waals surface area contributed by atoms with Crippen LogP contribution in [0.25, 0.3) is 5.78 Å². The van der Waals surface area contributed by atoms with Crippen LogP contribution in [-0.4, -0.2) is 30.4 Å². The van der Waals surface area contributed by atoms with E-state index in [1.807, 2.05) is 6.92 Å². The second kappa shape index (κ2) is 7.19. The molecule has 0 fully saturated rings. The highest BCUT2D eigenvalue weighted by Crippen LogP contribution is 2.29. The Kier molecular flexibility index (Phi) is 5.17. The Balaban J connectivity index is 2.06. The van der Waals surface area contributed by atoms with Gasteiger partial charge in [-0.25, -0.2) is 4.98 Å². The lowest BCUT2D eigenvalue weighted by molar-refractivity contribution is 0.592. The van der Waals surface area contributed by atoms with Crippen LogP contribution < -0.4 is 5.32 Å². The maximum atomic E-state index is 11.7. The predicted molar refractivity (Wildman–Crippen MR) is 101 cm³/mol. The van der Waals surface area contributed by atoms with Crippen LogP contribution in [0.2, 0.25) is 5.02 Å². The molecule has 1 N–H and O–H groups in total. The van der Waals surface area contributed by atoms with Crippen LogP contribution in [0.3, 0.4) is 0 Å². The number of rotatable bonds is 5. The standard InChI is InChI=1S/C17H20ClN5OS/c1-5-13-14(18)15(19-11(3)12-8-6-10(2)7-9-12)23-16(20-13)21-17(22-23)25(4)24/h6-9,11,19H,5H2,1-4H3/t11-,25?/m0/s1. The van der Waals surface area contributed by atoms with Gasteiger partial charge in [0.15, 0.2) is 5.82 Å². The van der Waals surface area contributed by atoms with Crippen molar-refractivity contribution in [2.45, 2.75) is 38.4 Å². The molecule has 0 aliphatic heterocycles. The van der Waals surface area contributed by atoms with E-state index in [4.69, 9.17) is 11.6 Å². The monoisotopic (exact) mass is 377 g/mol. The lowest BCUT2D eigenvalue weighted by Crippen LogP contribution is -2.13. The number of halogens is 1. The zero-order valence-corrected chi connectivity index (χ0v) is 16.1. The number of benzene rings is 1. The molecular formula is C17H20ClN5OS. The summed E-state index contributed by atoms with van der Waals surface area (Å²) < 4.78 is 13.3. The Bertz CT molecular complexity index is 894. The maximum absolute atomic E-state index is 11.7. The van der Waals surface area contributed by atoms with Crippen molar-refractivity contribution in [2.75, 3.05) is 11.6 Å². The first-order valence-corrected chi connectivity index (χ1v) is 9.96. The van der Waals surface area contributed by atoms with E-state index in [2.05, 4.69) is 58.5 Å². The molecule has 3 aromatic rings. The minimum atomic E-state index is -1.29. The Morgan fingerprint density at radius 3 is 2.56 bits per heavy atom. The fourth-order valence-corrected chi connectivity index (χ4v) is 3.25. The third-order valence-electron chi connectivity index (χ3n) is 4.00. The van der Waals surface area contributed by atoms with Crippen molar-refractivity contribution in [1.29, 1.82) is 0 Å². The molecule has 0 saturated carbocycles. The summed E-state index contributed by atoms with van der Waals surface area (Å²) >= 11 is 5.25. The molecular weight excluding hydrogens is 358 g/mol. The molecule has 25 heavy (non-hydrogen) atoms. The molecule has 0 aliphatic rings. The second-order valence-corrected chi connectivity index (χ2v) is 7.56. The smallest absolute Gasteiger partial charge is 0.363 e. The van der Waals surface area contributed by atoms with Crippen LogP contribution >= 0.6 is 11.6 Å². The summed E-state index contributed by atoms with van der Waals surface area (Å²) in [4.78, 5) is 8.69. The van der Waals surface area contributed by atoms with E-state index in [-0.39, 0.29) is 11.2 Å². The highest BCUT2D eigenvalue weighted by atomic mass is 35.5. The number of fused-ring (bicyclic) bond motifs is 1. The minimum absolute atomic E-state index is 0.00757. The van der Waals surface area contributed by atoms with Crippen molar-refractivity contribution in [3.63, 3.8) is 0 Å². The Morgan fingerprint density at radius 1 is 1.28 bits per heavy atom. The lowest BCUT2D eigenvalue weighted by atomic mass is 10.1. The predicted octanol–water partition coefficient (Wildman–Crippen LogP) is 3.56. The van der Waals surface area contributed by atoms with Crippen molar-refractivity contribution in [3.05, 3.63) is 46.1 Å². The van der Waals surface area contributed by atoms with Gasteiger partial charge in [0.25, 0.3) is 5.78 Å². The highest BCUT2D eigenvalue weighted by molar-refractivity contribution is 7.90. The molecule has 132 valence electrons. The SMILES string of the molecule is CCc1nc2nc([S+](C)[O-])nn2c(N[C@@H](C)c2ccc(C)cc2)c1Cl. The van der Waals surface area contributed by atoms with Crippen molar-refractivity contribution in [2.24, 2.45) is 0 Å². The molecule has 1 aromatic carbocycles. The van der Waals surface area contributed by atoms with Crippen molar-refractivity contribution in [1.82, 2.24) is 19.6 Å². The number of nitrogens with zero attached hydrogens (tertiary/aromatic N) is 4. The number of aromatic nitrogens is 4. The van der Waals surface area contributed by atoms with Gasteiger partial charge in [0.2, 0.25) is 0 Å². The van der Waals surface area contributed by atoms with E-state index in [1.165, 1.54) is 10.1 Å². The number of hydrogen-bond donors (Lipinski definition) is 1. The van der Waals surface area contributed by atoms with Crippen LogP contribution in [0, 0.1) is 6.92 Å². The van der Waals surface area contributed by atoms with E-state index in [1.54, 1.807) is 6.26 Å². The Labute approximate surface area is 154 Å². The largest absolute Gasteiger partial charge is 0.609 e. The average molecular weight is 378 g/mol. The molecule has 0 saturated heterocycles. The number of hydrogen-bond acceptors (Lipinski definition) is 5. The van der Waals surface area contributed by atoms with Crippen LogP contribution in [0.5, 0.6) is 0 Å². The first-order valence-electron chi connectivity index (χ1n) is 8.02. The molecule has 1 unspecified atom stereocenters. The van der Waals surface area contributed by atoms with Crippen LogP contribution in [-0.2, 0) is 17.6 Å². The van der Waals surface area contributed by atoms with E-state index in [0.29, 0.717) is 23.0 Å². The molecule has 3 rings (SSSR count). The van der Waals surface area contributed by atoms with E-state index < -0.39 is 11.2 Å². The molecule has 2 aromatic heterocycles. The Morgan fingerprint density at radius 2 is 1.96 bits per heavy atom. The topological polar surface area (TPSA) is 78.2 Å². The molecule has 8 heteroatoms. The van der Waals surface area contributed by atoms with Gasteiger partial charge < -0.3 is 9.87 Å². The van der Waals surface area contributed by atoms with Crippen LogP contribution in [0.1, 0.15) is 36.7 Å². The van der Waals surface area contributed by atoms with Crippen molar-refractivity contribution in [3.8, 4) is 0 Å². The van der Waals surface area contributed by atoms with Gasteiger partial charge >= 0.3 is 5.16 Å². The van der Waals surface area contributed by atoms with E-state index >= 15 is 0 Å². The summed E-state index contributed by atoms with van der Waals surface area (Å²) in [5.41, 5.74) is 3.07. The number of anilines is 1. The molecule has 6 nitrogen and oxygen atoms in total. The Hall–Kier alpha value is -1.83. The average Bonchev–Trinajstić information content (AvgIpc) is 3.01. The zero-order chi connectivity index (χ0) is 18.1. The van der Waals surface area contributed by atoms with Gasteiger partial charge in [0.1, 0.15) is 11.3 Å². The highest BCUT2D eigenvalue weighted by Gasteiger charge is 2.21. The van der Waals surface area contributed by atoms with Crippen molar-refractivity contribution < 1.29 is 4.55 Å². The van der Waals surface area contributed by atoms with Gasteiger partial charge in [0, 0.05) is 17.2 Å². The molecule has 2 atom stereocenters. The van der Waals surface area contributed by atoms with Gasteiger partial charge in [-0.1, -0.05) is 53.5 Å². The zero-order valence-electron chi connectivity index (χ0n) is 14.6. The molecule has 0 bridgehead atoms. The summed E-state index contributed by atoms with van der Waals surface area (Å²) in [6.07, 6.45) is 2.21. The first kappa shape index (κ1) is 18.0. The second-order valence-electron chi connectivity index (χ2n) is 5.91. The summed E-state index contributed by atoms with van der Waals surface area (Å²) in [7, 11) is 0. The molecule has 2 heterocycles. The van der Waals surface area contributed by atoms with Gasteiger partial charge in [0.05, 0.1) is 5.69 Å². The third-order valence-corrected chi connectivity index (χ3v) is 5.09. The summed E-state index contributed by atoms with van der Waals surface area (Å²) in [6, 6.07) is 8.31. The first-order chi connectivity index (χ1) is 11.9. The van der Waals surface area contributed by atoms with E-state index in [9.17, 15) is 4.55 Å². The quantitative estimate of drug-likeness (QED) is 0.688. The number of nitrogens with one attached hydrogen (secondary N) is 1. The lowest BCUT2D eigenvalue weighted by Gasteiger charge is -2.18. The summed E-state index contributed by atoms with van der Waals surface area (Å²) in [6.45, 7) is 6.09. The van der Waals surface area contributed by atoms with Gasteiger partial charge in [-0.05, 0) is 25.8 Å². The molecule has 0 aliphatic carbocycles. The van der Waals surface area contributed by atoms with E-state index in [0.717, 1.165) is 11.3 Å². The summed E-state index contributed by atoms with van der Waals surface area (Å²) in [5.74, 6) is 1.01. The fourth-order valence-electron chi connectivity index (χ4n) is 2.53. The van der Waals surface area contributed by atoms with Crippen LogP contribution in [0.4, 0.5) is 5.82 Å². The normalized spacial score (nSPS) is 13.8. The van der Waals surface area contributed by atoms with Gasteiger partial charge in [-0.2, -0.15) is 4.52 Å². The van der Waals surface area contributed by atoms with Gasteiger partial charge in [-0.15, -0.1) is 4.98 Å². The minimum Gasteiger partial charge on any atom is -0.609 e. The maximum Gasteiger partial charge on any atom is 0.363 e. The molecule has 0 radical (unpaired) electrons. The molecule has 0 spiro atoms. The van der Waals surface area contributed by atoms with Crippen molar-refractivity contribution >= 4 is 34.4 Å². The third kappa shape index (κ3) is 3.58. The van der Waals surface area contributed by atoms with Crippen LogP contribution in [0.15, 0.2) is 29.4 Å². The van der Waals surface area contributed by atoms with Gasteiger partial charge in [-0.3, -0.25) is 0 Å². The fraction of sp³-hybridized carbons (Fsp3) is 0.353. The summed E-state index contributed by atoms with van der Waals surface area (Å²) in [5, 5.41) is 8.46.